The summed E-state index contributed by atoms with van der Waals surface area (Å²) in [6, 6.07) is 6.65. The molecule has 0 saturated carbocycles. The minimum atomic E-state index is -0.376. The predicted molar refractivity (Wildman–Crippen MR) is 94.2 cm³/mol. The number of aryl methyl sites for hydroxylation is 2. The fourth-order valence-corrected chi connectivity index (χ4v) is 4.06. The van der Waals surface area contributed by atoms with Gasteiger partial charge >= 0.3 is 6.03 Å². The van der Waals surface area contributed by atoms with Crippen LogP contribution in [0, 0.1) is 6.92 Å². The smallest absolute Gasteiger partial charge is 0.317 e. The number of amides is 2. The molecule has 2 aromatic rings. The van der Waals surface area contributed by atoms with Crippen molar-refractivity contribution in [3.05, 3.63) is 35.0 Å². The molecule has 0 bridgehead atoms. The highest BCUT2D eigenvalue weighted by atomic mass is 16.3. The third kappa shape index (κ3) is 2.88. The summed E-state index contributed by atoms with van der Waals surface area (Å²) >= 11 is 0. The van der Waals surface area contributed by atoms with E-state index >= 15 is 0 Å². The summed E-state index contributed by atoms with van der Waals surface area (Å²) in [5.41, 5.74) is 5.12. The Hall–Kier alpha value is -2.01. The van der Waals surface area contributed by atoms with E-state index < -0.39 is 0 Å². The number of rotatable bonds is 1. The van der Waals surface area contributed by atoms with E-state index in [2.05, 4.69) is 35.4 Å². The van der Waals surface area contributed by atoms with Crippen LogP contribution in [-0.4, -0.2) is 46.3 Å². The van der Waals surface area contributed by atoms with Gasteiger partial charge in [0.15, 0.2) is 0 Å². The average Bonchev–Trinajstić information content (AvgIpc) is 2.92. The highest BCUT2D eigenvalue weighted by molar-refractivity contribution is 5.86. The van der Waals surface area contributed by atoms with Gasteiger partial charge in [0, 0.05) is 35.7 Å². The predicted octanol–water partition coefficient (Wildman–Crippen LogP) is 2.50. The number of piperidine rings is 1. The monoisotopic (exact) mass is 327 g/mol. The number of urea groups is 1. The second kappa shape index (κ2) is 6.13. The number of hydrogen-bond acceptors (Lipinski definition) is 2. The van der Waals surface area contributed by atoms with Gasteiger partial charge in [-0.1, -0.05) is 11.6 Å². The van der Waals surface area contributed by atoms with Gasteiger partial charge in [-0.2, -0.15) is 0 Å². The van der Waals surface area contributed by atoms with Crippen molar-refractivity contribution in [3.8, 4) is 0 Å². The number of aromatic amines is 1. The average molecular weight is 327 g/mol. The molecule has 1 aromatic heterocycles. The van der Waals surface area contributed by atoms with Gasteiger partial charge in [0.2, 0.25) is 0 Å². The Morgan fingerprint density at radius 1 is 1.38 bits per heavy atom. The number of aromatic nitrogens is 1. The van der Waals surface area contributed by atoms with E-state index in [0.717, 1.165) is 38.6 Å². The van der Waals surface area contributed by atoms with Crippen molar-refractivity contribution in [2.45, 2.75) is 51.2 Å². The molecule has 2 atom stereocenters. The Bertz CT molecular complexity index is 767. The van der Waals surface area contributed by atoms with E-state index in [0.29, 0.717) is 6.54 Å². The summed E-state index contributed by atoms with van der Waals surface area (Å²) in [6.07, 6.45) is 4.11. The molecule has 4 rings (SSSR count). The van der Waals surface area contributed by atoms with Crippen LogP contribution < -0.4 is 5.32 Å². The standard InChI is InChI=1S/C19H25N3O2/c1-12-4-6-17-15(9-12)16-10-13(5-7-18(16)21-17)20-19(24)22-8-2-3-14(23)11-22/h4,6,9,13-14,21,23H,2-3,5,7-8,10-11H2,1H3,(H,20,24). The van der Waals surface area contributed by atoms with Gasteiger partial charge in [0.25, 0.3) is 0 Å². The first-order valence-corrected chi connectivity index (χ1v) is 8.94. The van der Waals surface area contributed by atoms with E-state index in [4.69, 9.17) is 0 Å². The van der Waals surface area contributed by atoms with Gasteiger partial charge in [-0.15, -0.1) is 0 Å². The van der Waals surface area contributed by atoms with Crippen LogP contribution in [0.25, 0.3) is 10.9 Å². The topological polar surface area (TPSA) is 68.4 Å². The second-order valence-corrected chi connectivity index (χ2v) is 7.26. The molecule has 1 fully saturated rings. The SMILES string of the molecule is Cc1ccc2[nH]c3c(c2c1)CC(NC(=O)N1CCCC(O)C1)CC3. The van der Waals surface area contributed by atoms with Gasteiger partial charge in [0.1, 0.15) is 0 Å². The van der Waals surface area contributed by atoms with Gasteiger partial charge in [0.05, 0.1) is 6.10 Å². The summed E-state index contributed by atoms with van der Waals surface area (Å²) < 4.78 is 0. The maximum Gasteiger partial charge on any atom is 0.317 e. The van der Waals surface area contributed by atoms with Crippen LogP contribution >= 0.6 is 0 Å². The van der Waals surface area contributed by atoms with E-state index in [-0.39, 0.29) is 18.2 Å². The fourth-order valence-electron chi connectivity index (χ4n) is 4.06. The molecule has 0 spiro atoms. The molecule has 5 heteroatoms. The molecule has 1 aromatic carbocycles. The summed E-state index contributed by atoms with van der Waals surface area (Å²) in [4.78, 5) is 17.8. The molecule has 2 unspecified atom stereocenters. The van der Waals surface area contributed by atoms with E-state index in [1.807, 2.05) is 0 Å². The first-order chi connectivity index (χ1) is 11.6. The molecule has 2 amide bonds. The summed E-state index contributed by atoms with van der Waals surface area (Å²) in [5, 5.41) is 14.2. The van der Waals surface area contributed by atoms with Crippen LogP contribution in [0.5, 0.6) is 0 Å². The first-order valence-electron chi connectivity index (χ1n) is 8.94. The lowest BCUT2D eigenvalue weighted by Crippen LogP contribution is -2.50. The van der Waals surface area contributed by atoms with Crippen LogP contribution in [-0.2, 0) is 12.8 Å². The van der Waals surface area contributed by atoms with Gasteiger partial charge in [-0.25, -0.2) is 4.79 Å². The molecule has 2 heterocycles. The van der Waals surface area contributed by atoms with Gasteiger partial charge in [-0.05, 0) is 56.7 Å². The first kappa shape index (κ1) is 15.5. The number of carbonyl (C=O) groups is 1. The quantitative estimate of drug-likeness (QED) is 0.753. The van der Waals surface area contributed by atoms with Crippen molar-refractivity contribution in [1.29, 1.82) is 0 Å². The van der Waals surface area contributed by atoms with Gasteiger partial charge in [-0.3, -0.25) is 0 Å². The normalized spacial score (nSPS) is 24.0. The zero-order valence-electron chi connectivity index (χ0n) is 14.1. The van der Waals surface area contributed by atoms with Crippen molar-refractivity contribution in [3.63, 3.8) is 0 Å². The minimum absolute atomic E-state index is 0.0294. The number of fused-ring (bicyclic) bond motifs is 3. The van der Waals surface area contributed by atoms with E-state index in [9.17, 15) is 9.90 Å². The number of benzene rings is 1. The summed E-state index contributed by atoms with van der Waals surface area (Å²) in [5.74, 6) is 0. The van der Waals surface area contributed by atoms with Crippen molar-refractivity contribution in [2.75, 3.05) is 13.1 Å². The molecular formula is C19H25N3O2. The van der Waals surface area contributed by atoms with Gasteiger partial charge < -0.3 is 20.3 Å². The Morgan fingerprint density at radius 2 is 2.25 bits per heavy atom. The van der Waals surface area contributed by atoms with Crippen molar-refractivity contribution in [2.24, 2.45) is 0 Å². The Labute approximate surface area is 142 Å². The second-order valence-electron chi connectivity index (χ2n) is 7.26. The number of carbonyl (C=O) groups excluding carboxylic acids is 1. The third-order valence-corrected chi connectivity index (χ3v) is 5.35. The van der Waals surface area contributed by atoms with Crippen molar-refractivity contribution >= 4 is 16.9 Å². The highest BCUT2D eigenvalue weighted by Crippen LogP contribution is 2.30. The van der Waals surface area contributed by atoms with Crippen LogP contribution in [0.3, 0.4) is 0 Å². The number of aliphatic hydroxyl groups is 1. The molecular weight excluding hydrogens is 302 g/mol. The molecule has 5 nitrogen and oxygen atoms in total. The number of nitrogens with one attached hydrogen (secondary N) is 2. The number of nitrogens with zero attached hydrogens (tertiary/aromatic N) is 1. The third-order valence-electron chi connectivity index (χ3n) is 5.35. The Balaban J connectivity index is 1.48. The van der Waals surface area contributed by atoms with Crippen LogP contribution in [0.2, 0.25) is 0 Å². The zero-order chi connectivity index (χ0) is 16.7. The van der Waals surface area contributed by atoms with Crippen molar-refractivity contribution in [1.82, 2.24) is 15.2 Å². The lowest BCUT2D eigenvalue weighted by atomic mass is 9.91. The molecule has 128 valence electrons. The maximum absolute atomic E-state index is 12.5. The number of H-pyrrole nitrogens is 1. The van der Waals surface area contributed by atoms with Crippen LogP contribution in [0.4, 0.5) is 4.79 Å². The lowest BCUT2D eigenvalue weighted by molar-refractivity contribution is 0.0831. The summed E-state index contributed by atoms with van der Waals surface area (Å²) in [7, 11) is 0. The van der Waals surface area contributed by atoms with Crippen LogP contribution in [0.1, 0.15) is 36.1 Å². The number of likely N-dealkylation sites (tertiary alicyclic amines) is 1. The van der Waals surface area contributed by atoms with E-state index in [1.165, 1.54) is 27.7 Å². The molecule has 3 N–H and O–H groups in total. The summed E-state index contributed by atoms with van der Waals surface area (Å²) in [6.45, 7) is 3.31. The maximum atomic E-state index is 12.5. The molecule has 1 aliphatic carbocycles. The highest BCUT2D eigenvalue weighted by Gasteiger charge is 2.27. The van der Waals surface area contributed by atoms with Crippen molar-refractivity contribution < 1.29 is 9.90 Å². The molecule has 2 aliphatic rings. The van der Waals surface area contributed by atoms with E-state index in [1.54, 1.807) is 4.90 Å². The fraction of sp³-hybridized carbons (Fsp3) is 0.526. The minimum Gasteiger partial charge on any atom is -0.391 e. The number of aliphatic hydroxyl groups excluding tert-OH is 1. The molecule has 0 radical (unpaired) electrons. The van der Waals surface area contributed by atoms with Crippen LogP contribution in [0.15, 0.2) is 18.2 Å². The Morgan fingerprint density at radius 3 is 3.08 bits per heavy atom. The lowest BCUT2D eigenvalue weighted by Gasteiger charge is -2.32. The molecule has 1 saturated heterocycles. The zero-order valence-corrected chi connectivity index (χ0v) is 14.1. The number of β-amino-alcohol motifs (C(OH)–C–C–N with tert-alkyl or cyclic N) is 1. The molecule has 24 heavy (non-hydrogen) atoms. The largest absolute Gasteiger partial charge is 0.391 e. The number of hydrogen-bond donors (Lipinski definition) is 3. The molecule has 1 aliphatic heterocycles. The Kier molecular flexibility index (Phi) is 3.96.